The average Bonchev–Trinajstić information content (AvgIpc) is 2.94. The quantitative estimate of drug-likeness (QED) is 0.662. The molecule has 1 heterocycles. The van der Waals surface area contributed by atoms with Crippen LogP contribution in [0.1, 0.15) is 25.8 Å². The molecule has 0 aliphatic carbocycles. The molecular weight excluding hydrogens is 306 g/mol. The van der Waals surface area contributed by atoms with Crippen LogP contribution in [0.3, 0.4) is 0 Å². The molecule has 1 aliphatic rings. The predicted octanol–water partition coefficient (Wildman–Crippen LogP) is 2.52. The third-order valence-electron chi connectivity index (χ3n) is 4.43. The first kappa shape index (κ1) is 18.2. The summed E-state index contributed by atoms with van der Waals surface area (Å²) in [6.07, 6.45) is 1.17. The third kappa shape index (κ3) is 4.04. The standard InChI is InChI=1S/C18H29N3O3/c1-18(2)7-8-21(12-18)17(19-3)20-11-14-15(23-5)9-13(22-4)10-16(14)24-6/h9-10H,7-8,11-12H2,1-6H3,(H,19,20). The van der Waals surface area contributed by atoms with Crippen molar-refractivity contribution in [3.05, 3.63) is 17.7 Å². The summed E-state index contributed by atoms with van der Waals surface area (Å²) in [5.41, 5.74) is 1.27. The highest BCUT2D eigenvalue weighted by molar-refractivity contribution is 5.80. The summed E-state index contributed by atoms with van der Waals surface area (Å²) in [4.78, 5) is 6.71. The van der Waals surface area contributed by atoms with Crippen LogP contribution < -0.4 is 19.5 Å². The molecule has 0 saturated carbocycles. The van der Waals surface area contributed by atoms with Crippen molar-refractivity contribution in [1.82, 2.24) is 10.2 Å². The maximum atomic E-state index is 5.50. The van der Waals surface area contributed by atoms with Gasteiger partial charge in [-0.2, -0.15) is 0 Å². The number of methoxy groups -OCH3 is 3. The highest BCUT2D eigenvalue weighted by atomic mass is 16.5. The van der Waals surface area contributed by atoms with Crippen LogP contribution in [0.5, 0.6) is 17.2 Å². The van der Waals surface area contributed by atoms with Crippen molar-refractivity contribution in [2.45, 2.75) is 26.8 Å². The van der Waals surface area contributed by atoms with Crippen LogP contribution in [0.15, 0.2) is 17.1 Å². The normalized spacial score (nSPS) is 16.9. The minimum Gasteiger partial charge on any atom is -0.496 e. The average molecular weight is 335 g/mol. The van der Waals surface area contributed by atoms with Crippen LogP contribution in [0.25, 0.3) is 0 Å². The number of hydrogen-bond acceptors (Lipinski definition) is 4. The molecule has 0 atom stereocenters. The van der Waals surface area contributed by atoms with Gasteiger partial charge in [0.2, 0.25) is 0 Å². The fraction of sp³-hybridized carbons (Fsp3) is 0.611. The van der Waals surface area contributed by atoms with E-state index in [0.29, 0.717) is 17.7 Å². The van der Waals surface area contributed by atoms with Crippen LogP contribution in [0.4, 0.5) is 0 Å². The van der Waals surface area contributed by atoms with Gasteiger partial charge in [0, 0.05) is 32.3 Å². The molecule has 0 unspecified atom stereocenters. The molecule has 1 aliphatic heterocycles. The van der Waals surface area contributed by atoms with Crippen LogP contribution in [0, 0.1) is 5.41 Å². The van der Waals surface area contributed by atoms with E-state index in [2.05, 4.69) is 29.1 Å². The van der Waals surface area contributed by atoms with Crippen molar-refractivity contribution in [2.75, 3.05) is 41.5 Å². The van der Waals surface area contributed by atoms with Gasteiger partial charge < -0.3 is 24.4 Å². The van der Waals surface area contributed by atoms with Gasteiger partial charge in [0.15, 0.2) is 5.96 Å². The smallest absolute Gasteiger partial charge is 0.193 e. The van der Waals surface area contributed by atoms with Gasteiger partial charge in [-0.3, -0.25) is 4.99 Å². The van der Waals surface area contributed by atoms with E-state index in [-0.39, 0.29) is 0 Å². The predicted molar refractivity (Wildman–Crippen MR) is 96.3 cm³/mol. The second-order valence-electron chi connectivity index (χ2n) is 6.75. The number of aliphatic imine (C=N–C) groups is 1. The minimum atomic E-state index is 0.327. The van der Waals surface area contributed by atoms with Gasteiger partial charge in [0.1, 0.15) is 17.2 Å². The van der Waals surface area contributed by atoms with E-state index >= 15 is 0 Å². The Kier molecular flexibility index (Phi) is 5.80. The Labute approximate surface area is 144 Å². The Hall–Kier alpha value is -2.11. The molecular formula is C18H29N3O3. The van der Waals surface area contributed by atoms with Gasteiger partial charge >= 0.3 is 0 Å². The number of ether oxygens (including phenoxy) is 3. The molecule has 134 valence electrons. The zero-order valence-corrected chi connectivity index (χ0v) is 15.6. The monoisotopic (exact) mass is 335 g/mol. The lowest BCUT2D eigenvalue weighted by Gasteiger charge is -2.24. The molecule has 1 aromatic carbocycles. The molecule has 1 aromatic rings. The third-order valence-corrected chi connectivity index (χ3v) is 4.43. The minimum absolute atomic E-state index is 0.327. The zero-order chi connectivity index (χ0) is 17.7. The number of rotatable bonds is 5. The molecule has 1 saturated heterocycles. The van der Waals surface area contributed by atoms with Crippen LogP contribution in [0.2, 0.25) is 0 Å². The molecule has 2 rings (SSSR count). The summed E-state index contributed by atoms with van der Waals surface area (Å²) in [7, 11) is 6.74. The Morgan fingerprint density at radius 2 is 1.79 bits per heavy atom. The molecule has 6 nitrogen and oxygen atoms in total. The van der Waals surface area contributed by atoms with E-state index in [1.165, 1.54) is 6.42 Å². The number of guanidine groups is 1. The number of likely N-dealkylation sites (tertiary alicyclic amines) is 1. The number of nitrogens with one attached hydrogen (secondary N) is 1. The Balaban J connectivity index is 2.15. The number of benzene rings is 1. The molecule has 0 spiro atoms. The number of nitrogens with zero attached hydrogens (tertiary/aromatic N) is 2. The van der Waals surface area contributed by atoms with E-state index in [1.54, 1.807) is 21.3 Å². The van der Waals surface area contributed by atoms with Gasteiger partial charge in [0.05, 0.1) is 33.4 Å². The van der Waals surface area contributed by atoms with Gasteiger partial charge in [0.25, 0.3) is 0 Å². The van der Waals surface area contributed by atoms with Crippen LogP contribution in [-0.4, -0.2) is 52.3 Å². The van der Waals surface area contributed by atoms with Crippen molar-refractivity contribution >= 4 is 5.96 Å². The lowest BCUT2D eigenvalue weighted by molar-refractivity contribution is 0.363. The highest BCUT2D eigenvalue weighted by Crippen LogP contribution is 2.34. The van der Waals surface area contributed by atoms with Crippen LogP contribution in [-0.2, 0) is 6.54 Å². The molecule has 0 amide bonds. The molecule has 24 heavy (non-hydrogen) atoms. The summed E-state index contributed by atoms with van der Waals surface area (Å²) in [6.45, 7) is 7.17. The van der Waals surface area contributed by atoms with Gasteiger partial charge in [-0.25, -0.2) is 0 Å². The van der Waals surface area contributed by atoms with Gasteiger partial charge in [-0.15, -0.1) is 0 Å². The second-order valence-corrected chi connectivity index (χ2v) is 6.75. The van der Waals surface area contributed by atoms with E-state index in [1.807, 2.05) is 19.2 Å². The maximum Gasteiger partial charge on any atom is 0.193 e. The van der Waals surface area contributed by atoms with E-state index in [4.69, 9.17) is 14.2 Å². The fourth-order valence-electron chi connectivity index (χ4n) is 3.04. The molecule has 1 N–H and O–H groups in total. The lowest BCUT2D eigenvalue weighted by Crippen LogP contribution is -2.40. The maximum absolute atomic E-state index is 5.50. The summed E-state index contributed by atoms with van der Waals surface area (Å²) >= 11 is 0. The second kappa shape index (κ2) is 7.64. The van der Waals surface area contributed by atoms with Gasteiger partial charge in [-0.1, -0.05) is 13.8 Å². The number of hydrogen-bond donors (Lipinski definition) is 1. The molecule has 0 radical (unpaired) electrons. The SMILES string of the molecule is CN=C(NCc1c(OC)cc(OC)cc1OC)N1CCC(C)(C)C1. The highest BCUT2D eigenvalue weighted by Gasteiger charge is 2.31. The lowest BCUT2D eigenvalue weighted by atomic mass is 9.93. The van der Waals surface area contributed by atoms with Crippen molar-refractivity contribution in [3.8, 4) is 17.2 Å². The summed E-state index contributed by atoms with van der Waals surface area (Å²) < 4.78 is 16.3. The zero-order valence-electron chi connectivity index (χ0n) is 15.6. The van der Waals surface area contributed by atoms with E-state index in [9.17, 15) is 0 Å². The largest absolute Gasteiger partial charge is 0.496 e. The van der Waals surface area contributed by atoms with Crippen molar-refractivity contribution in [1.29, 1.82) is 0 Å². The molecule has 1 fully saturated rings. The Morgan fingerprint density at radius 3 is 2.21 bits per heavy atom. The first-order valence-electron chi connectivity index (χ1n) is 8.18. The Morgan fingerprint density at radius 1 is 1.17 bits per heavy atom. The van der Waals surface area contributed by atoms with E-state index < -0.39 is 0 Å². The summed E-state index contributed by atoms with van der Waals surface area (Å²) in [5.74, 6) is 3.07. The van der Waals surface area contributed by atoms with E-state index in [0.717, 1.165) is 36.1 Å². The van der Waals surface area contributed by atoms with Crippen molar-refractivity contribution in [2.24, 2.45) is 10.4 Å². The molecule has 6 heteroatoms. The fourth-order valence-corrected chi connectivity index (χ4v) is 3.04. The van der Waals surface area contributed by atoms with Crippen molar-refractivity contribution in [3.63, 3.8) is 0 Å². The Bertz CT molecular complexity index is 574. The molecule has 0 aromatic heterocycles. The molecule has 0 bridgehead atoms. The first-order valence-corrected chi connectivity index (χ1v) is 8.18. The summed E-state index contributed by atoms with van der Waals surface area (Å²) in [5, 5.41) is 3.43. The summed E-state index contributed by atoms with van der Waals surface area (Å²) in [6, 6.07) is 3.72. The van der Waals surface area contributed by atoms with Crippen LogP contribution >= 0.6 is 0 Å². The topological polar surface area (TPSA) is 55.3 Å². The van der Waals surface area contributed by atoms with Gasteiger partial charge in [-0.05, 0) is 11.8 Å². The van der Waals surface area contributed by atoms with Crippen molar-refractivity contribution < 1.29 is 14.2 Å². The first-order chi connectivity index (χ1) is 11.4.